The van der Waals surface area contributed by atoms with Crippen LogP contribution in [0.15, 0.2) is 36.4 Å². The molecule has 3 rings (SSSR count). The normalized spacial score (nSPS) is 11.4. The molecule has 0 N–H and O–H groups in total. The van der Waals surface area contributed by atoms with Crippen molar-refractivity contribution in [2.24, 2.45) is 0 Å². The van der Waals surface area contributed by atoms with E-state index in [1.807, 2.05) is 24.3 Å². The van der Waals surface area contributed by atoms with Crippen LogP contribution in [-0.2, 0) is 0 Å². The third-order valence-corrected chi connectivity index (χ3v) is 6.73. The summed E-state index contributed by atoms with van der Waals surface area (Å²) in [6.45, 7) is 6.00. The fraction of sp³-hybridized carbons (Fsp3) is 0.613. The van der Waals surface area contributed by atoms with E-state index in [-0.39, 0.29) is 0 Å². The molecule has 35 heavy (non-hydrogen) atoms. The van der Waals surface area contributed by atoms with Gasteiger partial charge in [0.25, 0.3) is 0 Å². The lowest BCUT2D eigenvalue weighted by atomic mass is 10.1. The molecule has 0 spiro atoms. The van der Waals surface area contributed by atoms with E-state index in [2.05, 4.69) is 26.0 Å². The van der Waals surface area contributed by atoms with Crippen molar-refractivity contribution in [2.45, 2.75) is 110 Å². The van der Waals surface area contributed by atoms with Crippen LogP contribution in [0.5, 0.6) is 11.8 Å². The summed E-state index contributed by atoms with van der Waals surface area (Å²) in [5.74, 6) is 1.42. The average Bonchev–Trinajstić information content (AvgIpc) is 2.89. The molecular formula is C31H46N2O2. The molecule has 0 radical (unpaired) electrons. The summed E-state index contributed by atoms with van der Waals surface area (Å²) in [6.07, 6.45) is 19.4. The highest BCUT2D eigenvalue weighted by Gasteiger charge is 2.07. The Kier molecular flexibility index (Phi) is 12.7. The van der Waals surface area contributed by atoms with Crippen LogP contribution in [0.2, 0.25) is 0 Å². The van der Waals surface area contributed by atoms with Crippen LogP contribution in [0.4, 0.5) is 0 Å². The fourth-order valence-electron chi connectivity index (χ4n) is 4.59. The van der Waals surface area contributed by atoms with Gasteiger partial charge in [-0.1, -0.05) is 97.3 Å². The molecule has 3 aromatic rings. The van der Waals surface area contributed by atoms with E-state index in [0.717, 1.165) is 47.9 Å². The van der Waals surface area contributed by atoms with Gasteiger partial charge in [-0.15, -0.1) is 0 Å². The Balaban J connectivity index is 1.42. The molecular weight excluding hydrogens is 432 g/mol. The zero-order valence-corrected chi connectivity index (χ0v) is 22.2. The quantitative estimate of drug-likeness (QED) is 0.127. The van der Waals surface area contributed by atoms with Crippen LogP contribution >= 0.6 is 0 Å². The Morgan fingerprint density at radius 3 is 1.23 bits per heavy atom. The minimum absolute atomic E-state index is 0.708. The molecule has 0 saturated heterocycles. The number of rotatable bonds is 19. The van der Waals surface area contributed by atoms with Crippen LogP contribution in [0.1, 0.15) is 110 Å². The lowest BCUT2D eigenvalue weighted by Crippen LogP contribution is -2.00. The van der Waals surface area contributed by atoms with E-state index < -0.39 is 0 Å². The first kappa shape index (κ1) is 27.2. The average molecular weight is 479 g/mol. The number of aromatic nitrogens is 2. The van der Waals surface area contributed by atoms with E-state index in [9.17, 15) is 0 Å². The Labute approximate surface area is 212 Å². The maximum Gasteiger partial charge on any atom is 0.213 e. The number of hydrogen-bond acceptors (Lipinski definition) is 4. The van der Waals surface area contributed by atoms with E-state index in [0.29, 0.717) is 11.8 Å². The molecule has 0 amide bonds. The van der Waals surface area contributed by atoms with E-state index >= 15 is 0 Å². The molecule has 0 fully saturated rings. The number of hydrogen-bond donors (Lipinski definition) is 0. The van der Waals surface area contributed by atoms with Crippen LogP contribution in [-0.4, -0.2) is 23.2 Å². The molecule has 0 aliphatic rings. The van der Waals surface area contributed by atoms with Crippen molar-refractivity contribution in [2.75, 3.05) is 13.2 Å². The highest BCUT2D eigenvalue weighted by molar-refractivity contribution is 6.04. The molecule has 0 aliphatic carbocycles. The molecule has 0 bridgehead atoms. The van der Waals surface area contributed by atoms with E-state index in [4.69, 9.17) is 19.4 Å². The maximum absolute atomic E-state index is 5.94. The molecule has 0 saturated carbocycles. The Morgan fingerprint density at radius 2 is 0.829 bits per heavy atom. The highest BCUT2D eigenvalue weighted by Crippen LogP contribution is 2.27. The van der Waals surface area contributed by atoms with Gasteiger partial charge >= 0.3 is 0 Å². The van der Waals surface area contributed by atoms with Gasteiger partial charge in [0.2, 0.25) is 11.8 Å². The minimum Gasteiger partial charge on any atom is -0.478 e. The van der Waals surface area contributed by atoms with Gasteiger partial charge in [0.05, 0.1) is 24.2 Å². The summed E-state index contributed by atoms with van der Waals surface area (Å²) in [6, 6.07) is 12.2. The molecule has 2 heterocycles. The zero-order valence-electron chi connectivity index (χ0n) is 22.2. The number of pyridine rings is 2. The first-order valence-corrected chi connectivity index (χ1v) is 14.3. The highest BCUT2D eigenvalue weighted by atomic mass is 16.5. The number of unbranched alkanes of at least 4 members (excludes halogenated alkanes) is 13. The third kappa shape index (κ3) is 9.66. The van der Waals surface area contributed by atoms with Crippen LogP contribution in [0.25, 0.3) is 21.8 Å². The van der Waals surface area contributed by atoms with Gasteiger partial charge < -0.3 is 9.47 Å². The molecule has 1 aromatic carbocycles. The summed E-state index contributed by atoms with van der Waals surface area (Å²) in [4.78, 5) is 9.45. The summed E-state index contributed by atoms with van der Waals surface area (Å²) in [5.41, 5.74) is 1.90. The van der Waals surface area contributed by atoms with Gasteiger partial charge in [-0.3, -0.25) is 0 Å². The van der Waals surface area contributed by atoms with Crippen molar-refractivity contribution in [1.29, 1.82) is 0 Å². The predicted molar refractivity (Wildman–Crippen MR) is 149 cm³/mol. The first-order chi connectivity index (χ1) is 17.3. The van der Waals surface area contributed by atoms with Gasteiger partial charge in [0.1, 0.15) is 0 Å². The number of ether oxygens (including phenoxy) is 2. The second-order valence-corrected chi connectivity index (χ2v) is 9.79. The van der Waals surface area contributed by atoms with Crippen molar-refractivity contribution in [3.8, 4) is 11.8 Å². The van der Waals surface area contributed by atoms with Gasteiger partial charge in [0, 0.05) is 22.9 Å². The Bertz CT molecular complexity index is 988. The molecule has 4 nitrogen and oxygen atoms in total. The summed E-state index contributed by atoms with van der Waals surface area (Å²) in [7, 11) is 0. The lowest BCUT2D eigenvalue weighted by molar-refractivity contribution is 0.294. The van der Waals surface area contributed by atoms with Crippen LogP contribution < -0.4 is 9.47 Å². The molecule has 0 unspecified atom stereocenters. The Hall–Kier alpha value is -2.36. The summed E-state index contributed by atoms with van der Waals surface area (Å²) < 4.78 is 11.9. The Morgan fingerprint density at radius 1 is 0.457 bits per heavy atom. The lowest BCUT2D eigenvalue weighted by Gasteiger charge is -2.09. The van der Waals surface area contributed by atoms with Gasteiger partial charge in [-0.25, -0.2) is 9.97 Å². The van der Waals surface area contributed by atoms with E-state index in [1.165, 1.54) is 83.5 Å². The first-order valence-electron chi connectivity index (χ1n) is 14.3. The van der Waals surface area contributed by atoms with Crippen molar-refractivity contribution in [3.05, 3.63) is 36.4 Å². The predicted octanol–water partition coefficient (Wildman–Crippen LogP) is 9.43. The molecule has 4 heteroatoms. The summed E-state index contributed by atoms with van der Waals surface area (Å²) >= 11 is 0. The van der Waals surface area contributed by atoms with Gasteiger partial charge in [-0.2, -0.15) is 0 Å². The molecule has 2 aromatic heterocycles. The largest absolute Gasteiger partial charge is 0.478 e. The van der Waals surface area contributed by atoms with Gasteiger partial charge in [-0.05, 0) is 37.1 Å². The van der Waals surface area contributed by atoms with Crippen LogP contribution in [0.3, 0.4) is 0 Å². The zero-order chi connectivity index (χ0) is 24.6. The smallest absolute Gasteiger partial charge is 0.213 e. The third-order valence-electron chi connectivity index (χ3n) is 6.73. The van der Waals surface area contributed by atoms with Crippen molar-refractivity contribution in [3.63, 3.8) is 0 Å². The maximum atomic E-state index is 5.94. The number of fused-ring (bicyclic) bond motifs is 3. The standard InChI is InChI=1S/C31H46N2O2/c1-3-5-7-9-11-12-13-15-17-25-35-31-23-19-27-26-18-22-30(32-28(26)20-21-29(27)33-31)34-24-16-14-10-8-6-4-2/h18-23H,3-17,24-25H2,1-2H3. The van der Waals surface area contributed by atoms with Crippen LogP contribution in [0, 0.1) is 0 Å². The monoisotopic (exact) mass is 478 g/mol. The second-order valence-electron chi connectivity index (χ2n) is 9.79. The topological polar surface area (TPSA) is 44.2 Å². The molecule has 0 aliphatic heterocycles. The van der Waals surface area contributed by atoms with E-state index in [1.54, 1.807) is 0 Å². The van der Waals surface area contributed by atoms with Crippen molar-refractivity contribution in [1.82, 2.24) is 9.97 Å². The van der Waals surface area contributed by atoms with Crippen molar-refractivity contribution < 1.29 is 9.47 Å². The SMILES string of the molecule is CCCCCCCCCCCOc1ccc2c(ccc3nc(OCCCCCCCC)ccc32)n1. The minimum atomic E-state index is 0.708. The molecule has 192 valence electrons. The van der Waals surface area contributed by atoms with Crippen molar-refractivity contribution >= 4 is 21.8 Å². The van der Waals surface area contributed by atoms with Gasteiger partial charge in [0.15, 0.2) is 0 Å². The number of nitrogens with zero attached hydrogens (tertiary/aromatic N) is 2. The number of benzene rings is 1. The summed E-state index contributed by atoms with van der Waals surface area (Å²) in [5, 5.41) is 2.21. The molecule has 0 atom stereocenters. The second kappa shape index (κ2) is 16.3. The fourth-order valence-corrected chi connectivity index (χ4v) is 4.59.